The lowest BCUT2D eigenvalue weighted by Gasteiger charge is -2.10. The SMILES string of the molecule is COc1ccc(S(=O)(=O)c2cnc3ccc(C)cc3c2N)cc1. The van der Waals surface area contributed by atoms with E-state index in [0.717, 1.165) is 5.56 Å². The van der Waals surface area contributed by atoms with Crippen molar-refractivity contribution in [2.45, 2.75) is 16.7 Å². The lowest BCUT2D eigenvalue weighted by atomic mass is 10.1. The number of aryl methyl sites for hydroxylation is 1. The van der Waals surface area contributed by atoms with Crippen molar-refractivity contribution in [1.29, 1.82) is 0 Å². The summed E-state index contributed by atoms with van der Waals surface area (Å²) in [4.78, 5) is 4.39. The molecule has 0 atom stereocenters. The molecule has 0 aliphatic rings. The molecule has 23 heavy (non-hydrogen) atoms. The fraction of sp³-hybridized carbons (Fsp3) is 0.118. The van der Waals surface area contributed by atoms with Gasteiger partial charge in [-0.25, -0.2) is 8.42 Å². The number of anilines is 1. The number of methoxy groups -OCH3 is 1. The summed E-state index contributed by atoms with van der Waals surface area (Å²) in [7, 11) is -2.22. The van der Waals surface area contributed by atoms with Crippen molar-refractivity contribution in [3.63, 3.8) is 0 Å². The predicted octanol–water partition coefficient (Wildman–Crippen LogP) is 2.97. The van der Waals surface area contributed by atoms with Crippen LogP contribution in [0.25, 0.3) is 10.9 Å². The Balaban J connectivity index is 2.19. The quantitative estimate of drug-likeness (QED) is 0.799. The molecule has 0 aliphatic heterocycles. The minimum atomic E-state index is -3.74. The van der Waals surface area contributed by atoms with Crippen LogP contribution < -0.4 is 10.5 Å². The summed E-state index contributed by atoms with van der Waals surface area (Å²) in [5.74, 6) is 0.587. The van der Waals surface area contributed by atoms with E-state index in [9.17, 15) is 8.42 Å². The van der Waals surface area contributed by atoms with Gasteiger partial charge in [0.05, 0.1) is 23.2 Å². The number of sulfone groups is 1. The minimum absolute atomic E-state index is 0.0146. The third-order valence-corrected chi connectivity index (χ3v) is 5.48. The van der Waals surface area contributed by atoms with Crippen molar-refractivity contribution < 1.29 is 13.2 Å². The highest BCUT2D eigenvalue weighted by molar-refractivity contribution is 7.91. The Bertz CT molecular complexity index is 981. The van der Waals surface area contributed by atoms with Crippen molar-refractivity contribution in [2.75, 3.05) is 12.8 Å². The standard InChI is InChI=1S/C17H16N2O3S/c1-11-3-8-15-14(9-11)17(18)16(10-19-15)23(20,21)13-6-4-12(22-2)5-7-13/h3-10H,1-2H3,(H2,18,19). The number of nitrogen functional groups attached to an aromatic ring is 1. The van der Waals surface area contributed by atoms with Crippen LogP contribution in [-0.4, -0.2) is 20.5 Å². The molecule has 0 radical (unpaired) electrons. The highest BCUT2D eigenvalue weighted by atomic mass is 32.2. The number of fused-ring (bicyclic) bond motifs is 1. The van der Waals surface area contributed by atoms with E-state index in [0.29, 0.717) is 16.7 Å². The van der Waals surface area contributed by atoms with Gasteiger partial charge in [-0.2, -0.15) is 0 Å². The molecule has 3 rings (SSSR count). The van der Waals surface area contributed by atoms with Crippen molar-refractivity contribution in [3.8, 4) is 5.75 Å². The van der Waals surface area contributed by atoms with E-state index in [2.05, 4.69) is 4.98 Å². The van der Waals surface area contributed by atoms with Gasteiger partial charge in [0.1, 0.15) is 10.6 Å². The first kappa shape index (κ1) is 15.3. The third-order valence-electron chi connectivity index (χ3n) is 3.69. The average molecular weight is 328 g/mol. The van der Waals surface area contributed by atoms with Gasteiger partial charge in [0.2, 0.25) is 9.84 Å². The van der Waals surface area contributed by atoms with Crippen molar-refractivity contribution in [2.24, 2.45) is 0 Å². The number of benzene rings is 2. The van der Waals surface area contributed by atoms with Crippen LogP contribution >= 0.6 is 0 Å². The third kappa shape index (κ3) is 2.61. The second kappa shape index (κ2) is 5.55. The van der Waals surface area contributed by atoms with Crippen LogP contribution in [0.15, 0.2) is 58.5 Å². The topological polar surface area (TPSA) is 82.3 Å². The van der Waals surface area contributed by atoms with Crippen LogP contribution in [0.5, 0.6) is 5.75 Å². The smallest absolute Gasteiger partial charge is 0.210 e. The van der Waals surface area contributed by atoms with Crippen molar-refractivity contribution >= 4 is 26.4 Å². The maximum Gasteiger partial charge on any atom is 0.210 e. The van der Waals surface area contributed by atoms with E-state index in [1.54, 1.807) is 12.1 Å². The Hall–Kier alpha value is -2.60. The Morgan fingerprint density at radius 3 is 2.43 bits per heavy atom. The van der Waals surface area contributed by atoms with Gasteiger partial charge in [0.15, 0.2) is 0 Å². The molecule has 6 heteroatoms. The molecule has 0 aliphatic carbocycles. The molecule has 5 nitrogen and oxygen atoms in total. The molecule has 0 bridgehead atoms. The molecule has 2 aromatic carbocycles. The normalized spacial score (nSPS) is 11.6. The maximum atomic E-state index is 12.8. The van der Waals surface area contributed by atoms with Crippen LogP contribution in [0.2, 0.25) is 0 Å². The first-order chi connectivity index (χ1) is 10.9. The van der Waals surface area contributed by atoms with Crippen LogP contribution in [0, 0.1) is 6.92 Å². The second-order valence-corrected chi connectivity index (χ2v) is 7.15. The molecule has 118 valence electrons. The fourth-order valence-electron chi connectivity index (χ4n) is 2.40. The number of ether oxygens (including phenoxy) is 1. The molecule has 0 fully saturated rings. The highest BCUT2D eigenvalue weighted by Crippen LogP contribution is 2.31. The highest BCUT2D eigenvalue weighted by Gasteiger charge is 2.22. The summed E-state index contributed by atoms with van der Waals surface area (Å²) in [6.45, 7) is 1.92. The van der Waals surface area contributed by atoms with E-state index >= 15 is 0 Å². The summed E-state index contributed by atoms with van der Waals surface area (Å²) in [6.07, 6.45) is 1.31. The van der Waals surface area contributed by atoms with Gasteiger partial charge in [0.25, 0.3) is 0 Å². The summed E-state index contributed by atoms with van der Waals surface area (Å²) >= 11 is 0. The lowest BCUT2D eigenvalue weighted by molar-refractivity contribution is 0.414. The Labute approximate surface area is 134 Å². The van der Waals surface area contributed by atoms with Gasteiger partial charge < -0.3 is 10.5 Å². The number of rotatable bonds is 3. The van der Waals surface area contributed by atoms with Gasteiger partial charge >= 0.3 is 0 Å². The van der Waals surface area contributed by atoms with Crippen molar-refractivity contribution in [1.82, 2.24) is 4.98 Å². The van der Waals surface area contributed by atoms with Crippen LogP contribution in [0.4, 0.5) is 5.69 Å². The zero-order chi connectivity index (χ0) is 16.6. The van der Waals surface area contributed by atoms with Gasteiger partial charge in [-0.1, -0.05) is 11.6 Å². The summed E-state index contributed by atoms with van der Waals surface area (Å²) < 4.78 is 30.7. The van der Waals surface area contributed by atoms with E-state index in [-0.39, 0.29) is 15.5 Å². The molecule has 3 aromatic rings. The fourth-order valence-corrected chi connectivity index (χ4v) is 3.74. The number of aromatic nitrogens is 1. The average Bonchev–Trinajstić information content (AvgIpc) is 2.55. The molecule has 1 aromatic heterocycles. The molecular weight excluding hydrogens is 312 g/mol. The summed E-state index contributed by atoms with van der Waals surface area (Å²) in [5.41, 5.74) is 8.00. The van der Waals surface area contributed by atoms with Crippen molar-refractivity contribution in [3.05, 3.63) is 54.2 Å². The predicted molar refractivity (Wildman–Crippen MR) is 89.3 cm³/mol. The molecule has 0 saturated heterocycles. The Morgan fingerprint density at radius 2 is 1.78 bits per heavy atom. The Morgan fingerprint density at radius 1 is 1.09 bits per heavy atom. The summed E-state index contributed by atoms with van der Waals surface area (Å²) in [6, 6.07) is 11.8. The largest absolute Gasteiger partial charge is 0.497 e. The molecule has 0 unspecified atom stereocenters. The molecule has 1 heterocycles. The Kier molecular flexibility index (Phi) is 3.69. The first-order valence-corrected chi connectivity index (χ1v) is 8.46. The summed E-state index contributed by atoms with van der Waals surface area (Å²) in [5, 5.41) is 0.639. The first-order valence-electron chi connectivity index (χ1n) is 6.97. The van der Waals surface area contributed by atoms with Crippen LogP contribution in [0.1, 0.15) is 5.56 Å². The number of pyridine rings is 1. The molecular formula is C17H16N2O3S. The van der Waals surface area contributed by atoms with E-state index < -0.39 is 9.84 Å². The zero-order valence-corrected chi connectivity index (χ0v) is 13.6. The molecule has 0 spiro atoms. The van der Waals surface area contributed by atoms with E-state index in [1.807, 2.05) is 25.1 Å². The number of hydrogen-bond acceptors (Lipinski definition) is 5. The maximum absolute atomic E-state index is 12.8. The number of hydrogen-bond donors (Lipinski definition) is 1. The number of nitrogens with two attached hydrogens (primary N) is 1. The zero-order valence-electron chi connectivity index (χ0n) is 12.8. The van der Waals surface area contributed by atoms with Gasteiger partial charge in [-0.05, 0) is 43.3 Å². The number of nitrogens with zero attached hydrogens (tertiary/aromatic N) is 1. The molecule has 0 amide bonds. The molecule has 0 saturated carbocycles. The van der Waals surface area contributed by atoms with Gasteiger partial charge in [-0.15, -0.1) is 0 Å². The molecule has 2 N–H and O–H groups in total. The second-order valence-electron chi connectivity index (χ2n) is 5.24. The lowest BCUT2D eigenvalue weighted by Crippen LogP contribution is -2.07. The van der Waals surface area contributed by atoms with Gasteiger partial charge in [-0.3, -0.25) is 4.98 Å². The van der Waals surface area contributed by atoms with E-state index in [1.165, 1.54) is 25.4 Å². The van der Waals surface area contributed by atoms with E-state index in [4.69, 9.17) is 10.5 Å². The monoisotopic (exact) mass is 328 g/mol. The van der Waals surface area contributed by atoms with Crippen LogP contribution in [-0.2, 0) is 9.84 Å². The minimum Gasteiger partial charge on any atom is -0.497 e. The van der Waals surface area contributed by atoms with Gasteiger partial charge in [0, 0.05) is 11.6 Å². The van der Waals surface area contributed by atoms with Crippen LogP contribution in [0.3, 0.4) is 0 Å².